The Hall–Kier alpha value is -6.71. The summed E-state index contributed by atoms with van der Waals surface area (Å²) < 4.78 is 16.9. The van der Waals surface area contributed by atoms with Gasteiger partial charge < -0.3 is 13.4 Å². The molecule has 0 atom stereocenters. The lowest BCUT2D eigenvalue weighted by molar-refractivity contribution is 0.420. The van der Waals surface area contributed by atoms with Crippen molar-refractivity contribution in [2.45, 2.75) is 422 Å². The maximum atomic E-state index is 4.47. The molecule has 0 saturated carbocycles. The zero-order valence-electron chi connectivity index (χ0n) is 98.9. The van der Waals surface area contributed by atoms with E-state index in [0.717, 1.165) is 131 Å². The van der Waals surface area contributed by atoms with Crippen LogP contribution in [0.5, 0.6) is 0 Å². The zero-order chi connectivity index (χ0) is 108. The largest absolute Gasteiger partial charge is 0.452 e. The minimum Gasteiger partial charge on any atom is -0.452 e. The summed E-state index contributed by atoms with van der Waals surface area (Å²) in [7, 11) is 0. The number of aliphatic imine (C=N–C) groups is 1. The fourth-order valence-electron chi connectivity index (χ4n) is 2.02. The smallest absolute Gasteiger partial charge is 0.203 e. The summed E-state index contributed by atoms with van der Waals surface area (Å²) in [5.41, 5.74) is 5.15. The lowest BCUT2D eigenvalue weighted by Gasteiger charge is -1.79. The molecule has 2 aliphatic heterocycles. The van der Waals surface area contributed by atoms with Crippen molar-refractivity contribution in [2.24, 2.45) is 134 Å². The number of rotatable bonds is 0. The molecule has 18 nitrogen and oxygen atoms in total. The number of oxazole rings is 1. The molecule has 0 radical (unpaired) electrons. The van der Waals surface area contributed by atoms with Gasteiger partial charge >= 0.3 is 0 Å². The average molecular weight is 1920 g/mol. The van der Waals surface area contributed by atoms with Crippen LogP contribution in [-0.4, -0.2) is 85.0 Å². The van der Waals surface area contributed by atoms with Gasteiger partial charge in [0.15, 0.2) is 6.39 Å². The van der Waals surface area contributed by atoms with E-state index >= 15 is 0 Å². The number of allylic oxidation sites excluding steroid dienone is 1. The van der Waals surface area contributed by atoms with Crippen LogP contribution in [0.1, 0.15) is 422 Å². The molecule has 10 heterocycles. The molecule has 0 amide bonds. The van der Waals surface area contributed by atoms with Gasteiger partial charge in [-0.05, 0) is 154 Å². The first-order valence-electron chi connectivity index (χ1n) is 48.9. The van der Waals surface area contributed by atoms with Crippen molar-refractivity contribution in [1.82, 2.24) is 59.8 Å². The topological polar surface area (TPSA) is 231 Å². The van der Waals surface area contributed by atoms with E-state index in [-0.39, 0.29) is 0 Å². The maximum Gasteiger partial charge on any atom is 0.203 e. The Labute approximate surface area is 840 Å². The van der Waals surface area contributed by atoms with Crippen LogP contribution in [0.25, 0.3) is 0 Å². The van der Waals surface area contributed by atoms with E-state index in [2.05, 4.69) is 504 Å². The highest BCUT2D eigenvalue weighted by atomic mass is 32.1. The average Bonchev–Trinajstić information content (AvgIpc) is 1.97. The van der Waals surface area contributed by atoms with Crippen LogP contribution >= 0.6 is 34.2 Å². The molecule has 0 aliphatic carbocycles. The Morgan fingerprint density at radius 1 is 0.242 bits per heavy atom. The van der Waals surface area contributed by atoms with Crippen molar-refractivity contribution in [3.63, 3.8) is 0 Å². The first-order valence-corrected chi connectivity index (χ1v) is 51.6. The number of hydrogen-bond acceptors (Lipinski definition) is 21. The Morgan fingerprint density at radius 2 is 0.545 bits per heavy atom. The second-order valence-electron chi connectivity index (χ2n) is 42.1. The molecule has 0 unspecified atom stereocenters. The SMILES string of the molecule is C1=CCN=C1.C1=NN=CC1.CC(C)C.CC(C)C.CC(C)C.CC(C)C.CC(C)C.CC(C)C.CC(C)C.CC(C)C.CC(C)C.CC(C)C.CC(C)C.CC(C)C.CC(C)C.CC(C)C.CC(C)C.CC(C)C.CC(C)C.CC(C)C.CC(C)C.CC(C)C.c1cnccn1.c1cncnc1.c1cnoc1.c1cnsc1.c1cocn1.c1cscn1.c1nnco1.c1nncs1. The van der Waals surface area contributed by atoms with Crippen LogP contribution in [0.4, 0.5) is 0 Å². The molecule has 0 saturated heterocycles. The maximum absolute atomic E-state index is 4.47. The molecule has 132 heavy (non-hydrogen) atoms. The van der Waals surface area contributed by atoms with Gasteiger partial charge in [0, 0.05) is 85.4 Å². The van der Waals surface area contributed by atoms with Gasteiger partial charge in [0.25, 0.3) is 0 Å². The van der Waals surface area contributed by atoms with Gasteiger partial charge in [-0.15, -0.1) is 43.1 Å². The van der Waals surface area contributed by atoms with E-state index < -0.39 is 0 Å². The summed E-state index contributed by atoms with van der Waals surface area (Å²) in [6.45, 7) is 131. The summed E-state index contributed by atoms with van der Waals surface area (Å²) in [6.07, 6.45) is 35.3. The molecule has 788 valence electrons. The van der Waals surface area contributed by atoms with E-state index in [4.69, 9.17) is 0 Å². The fourth-order valence-corrected chi connectivity index (χ4v) is 3.00. The van der Waals surface area contributed by atoms with Crippen LogP contribution in [0.3, 0.4) is 0 Å². The van der Waals surface area contributed by atoms with E-state index in [1.807, 2.05) is 29.0 Å². The third kappa shape index (κ3) is 899. The minimum absolute atomic E-state index is 0.833. The molecule has 2 aliphatic rings. The Morgan fingerprint density at radius 3 is 0.621 bits per heavy atom. The third-order valence-corrected chi connectivity index (χ3v) is 5.37. The Kier molecular flexibility index (Phi) is 225. The van der Waals surface area contributed by atoms with Crippen molar-refractivity contribution in [3.05, 3.63) is 158 Å². The molecule has 8 aromatic rings. The van der Waals surface area contributed by atoms with E-state index in [0.29, 0.717) is 0 Å². The number of thiazole rings is 1. The van der Waals surface area contributed by atoms with Gasteiger partial charge in [0.05, 0.1) is 24.4 Å². The molecular weight excluding hydrogens is 1690 g/mol. The Bertz CT molecular complexity index is 2020. The first-order chi connectivity index (χ1) is 60.6. The molecule has 0 aromatic carbocycles. The first kappa shape index (κ1) is 175. The van der Waals surface area contributed by atoms with Gasteiger partial charge in [0.2, 0.25) is 12.8 Å². The zero-order valence-corrected chi connectivity index (χ0v) is 101. The highest BCUT2D eigenvalue weighted by molar-refractivity contribution is 7.07. The van der Waals surface area contributed by atoms with Crippen molar-refractivity contribution in [2.75, 3.05) is 6.54 Å². The van der Waals surface area contributed by atoms with Crippen LogP contribution in [0.15, 0.2) is 186 Å². The summed E-state index contributed by atoms with van der Waals surface area (Å²) in [4.78, 5) is 25.9. The molecule has 8 aromatic heterocycles. The lowest BCUT2D eigenvalue weighted by atomic mass is 10.3. The van der Waals surface area contributed by atoms with Crippen LogP contribution in [0, 0.1) is 118 Å². The van der Waals surface area contributed by atoms with E-state index in [9.17, 15) is 0 Å². The van der Waals surface area contributed by atoms with Gasteiger partial charge in [0.1, 0.15) is 29.9 Å². The van der Waals surface area contributed by atoms with Gasteiger partial charge in [-0.25, -0.2) is 19.3 Å². The quantitative estimate of drug-likeness (QED) is 0.137. The normalized spacial score (nSPS) is 9.33. The van der Waals surface area contributed by atoms with Gasteiger partial charge in [-0.3, -0.25) is 19.9 Å². The van der Waals surface area contributed by atoms with E-state index in [1.54, 1.807) is 121 Å². The molecule has 0 fully saturated rings. The van der Waals surface area contributed by atoms with Gasteiger partial charge in [-0.1, -0.05) is 427 Å². The molecular formula is C111H233N15O3S3. The third-order valence-electron chi connectivity index (χ3n) is 3.89. The van der Waals surface area contributed by atoms with Crippen molar-refractivity contribution in [1.29, 1.82) is 0 Å². The summed E-state index contributed by atoms with van der Waals surface area (Å²) in [5.74, 6) is 16.7. The second-order valence-corrected chi connectivity index (χ2v) is 44.2. The van der Waals surface area contributed by atoms with Crippen molar-refractivity contribution >= 4 is 52.8 Å². The summed E-state index contributed by atoms with van der Waals surface area (Å²) in [5, 5.41) is 27.9. The predicted molar refractivity (Wildman–Crippen MR) is 610 cm³/mol. The second kappa shape index (κ2) is 170. The molecule has 0 bridgehead atoms. The number of aromatic nitrogens is 12. The van der Waals surface area contributed by atoms with Crippen LogP contribution in [-0.2, 0) is 0 Å². The van der Waals surface area contributed by atoms with Gasteiger partial charge in [-0.2, -0.15) is 10.2 Å². The highest BCUT2D eigenvalue weighted by Gasteiger charge is 1.79. The summed E-state index contributed by atoms with van der Waals surface area (Å²) >= 11 is 4.56. The fraction of sp³-hybridized carbons (Fsp3) is 0.739. The Balaban J connectivity index is -0.0000000547. The number of hydrogen-bond donors (Lipinski definition) is 0. The monoisotopic (exact) mass is 1920 g/mol. The van der Waals surface area contributed by atoms with Crippen molar-refractivity contribution in [3.8, 4) is 0 Å². The van der Waals surface area contributed by atoms with Crippen LogP contribution < -0.4 is 0 Å². The predicted octanol–water partition coefficient (Wildman–Crippen LogP) is 39.5. The molecule has 10 rings (SSSR count). The molecule has 21 heteroatoms. The molecule has 0 spiro atoms. The minimum atomic E-state index is 0.833. The summed E-state index contributed by atoms with van der Waals surface area (Å²) in [6, 6.07) is 5.41. The van der Waals surface area contributed by atoms with Crippen LogP contribution in [0.2, 0.25) is 0 Å². The van der Waals surface area contributed by atoms with Crippen molar-refractivity contribution < 1.29 is 13.4 Å². The highest BCUT2D eigenvalue weighted by Crippen LogP contribution is 1.92. The number of nitrogens with zero attached hydrogens (tertiary/aromatic N) is 15. The lowest BCUT2D eigenvalue weighted by Crippen LogP contribution is -1.66. The van der Waals surface area contributed by atoms with E-state index in [1.165, 1.54) is 60.9 Å². The standard InChI is InChI=1S/2C4H4N2.C4H5N.20C4H10.C3H4N2.2C3H3NO.2C3H3NS.C2H2N2O.C2H2N2S/c1-2-6-4-3-5-1;1-2-5-4-6-3-1;1-2-4-5-3-1;20*1-4(2)3;1-2-4-5-3-1;1-2-5-3-4-1;1-2-4-5-3-1;1-2-5-3-4-1;1-2-4-5-3-1;2*1-3-4-2-5-1/h2*1-4H;1-3H,4H2;20*4H,1-3H3;2-3H,1H2;4*1-3H;2*1-2H. The molecule has 0 N–H and O–H groups in total.